The summed E-state index contributed by atoms with van der Waals surface area (Å²) >= 11 is 0. The highest BCUT2D eigenvalue weighted by Crippen LogP contribution is 2.36. The number of halogens is 4. The van der Waals surface area contributed by atoms with Gasteiger partial charge in [-0.15, -0.1) is 0 Å². The fraction of sp³-hybridized carbons (Fsp3) is 0.444. The molecular weight excluding hydrogens is 368 g/mol. The first-order valence-electron chi connectivity index (χ1n) is 8.55. The Morgan fingerprint density at radius 1 is 1.26 bits per heavy atom. The van der Waals surface area contributed by atoms with Crippen LogP contribution >= 0.6 is 0 Å². The Balaban J connectivity index is 2.04. The van der Waals surface area contributed by atoms with Gasteiger partial charge in [-0.05, 0) is 31.9 Å². The number of aromatic carboxylic acids is 1. The molecule has 0 radical (unpaired) electrons. The van der Waals surface area contributed by atoms with Crippen molar-refractivity contribution in [3.8, 4) is 0 Å². The molecule has 1 fully saturated rings. The van der Waals surface area contributed by atoms with E-state index in [-0.39, 0.29) is 37.0 Å². The predicted molar refractivity (Wildman–Crippen MR) is 91.8 cm³/mol. The van der Waals surface area contributed by atoms with E-state index in [1.165, 1.54) is 21.7 Å². The van der Waals surface area contributed by atoms with Crippen molar-refractivity contribution in [1.82, 2.24) is 4.57 Å². The molecule has 1 aromatic carbocycles. The molecule has 146 valence electrons. The number of pyridine rings is 1. The van der Waals surface area contributed by atoms with Crippen molar-refractivity contribution < 1.29 is 27.5 Å². The van der Waals surface area contributed by atoms with Crippen molar-refractivity contribution in [1.29, 1.82) is 0 Å². The molecule has 5 nitrogen and oxygen atoms in total. The molecule has 3 rings (SSSR count). The third kappa shape index (κ3) is 3.50. The van der Waals surface area contributed by atoms with Gasteiger partial charge in [0.05, 0.1) is 17.1 Å². The topological polar surface area (TPSA) is 62.5 Å². The quantitative estimate of drug-likeness (QED) is 0.819. The number of carboxylic acid groups (broad SMARTS) is 1. The number of piperidine rings is 1. The molecule has 1 aliphatic heterocycles. The van der Waals surface area contributed by atoms with Crippen molar-refractivity contribution in [2.75, 3.05) is 18.0 Å². The molecule has 9 heteroatoms. The van der Waals surface area contributed by atoms with Gasteiger partial charge < -0.3 is 14.6 Å². The molecular formula is C18H18F4N2O3. The van der Waals surface area contributed by atoms with E-state index in [0.29, 0.717) is 12.1 Å². The third-order valence-corrected chi connectivity index (χ3v) is 5.02. The molecule has 0 aliphatic carbocycles. The summed E-state index contributed by atoms with van der Waals surface area (Å²) < 4.78 is 54.6. The second kappa shape index (κ2) is 6.86. The first-order valence-corrected chi connectivity index (χ1v) is 8.55. The summed E-state index contributed by atoms with van der Waals surface area (Å²) in [6, 6.07) is 2.39. The number of aromatic nitrogens is 1. The summed E-state index contributed by atoms with van der Waals surface area (Å²) in [4.78, 5) is 25.1. The summed E-state index contributed by atoms with van der Waals surface area (Å²) in [5.74, 6) is -3.55. The van der Waals surface area contributed by atoms with Gasteiger partial charge in [0, 0.05) is 31.2 Å². The molecule has 0 amide bonds. The Morgan fingerprint density at radius 3 is 2.41 bits per heavy atom. The first kappa shape index (κ1) is 19.2. The van der Waals surface area contributed by atoms with Gasteiger partial charge in [-0.1, -0.05) is 0 Å². The summed E-state index contributed by atoms with van der Waals surface area (Å²) in [7, 11) is 0. The zero-order valence-electron chi connectivity index (χ0n) is 14.5. The van der Waals surface area contributed by atoms with E-state index < -0.39 is 34.9 Å². The fourth-order valence-corrected chi connectivity index (χ4v) is 3.50. The lowest BCUT2D eigenvalue weighted by atomic mass is 9.95. The van der Waals surface area contributed by atoms with Crippen LogP contribution in [-0.4, -0.2) is 34.9 Å². The number of nitrogens with zero attached hydrogens (tertiary/aromatic N) is 2. The number of benzene rings is 1. The number of alkyl halides is 3. The Morgan fingerprint density at radius 2 is 1.89 bits per heavy atom. The lowest BCUT2D eigenvalue weighted by Crippen LogP contribution is -2.39. The minimum Gasteiger partial charge on any atom is -0.477 e. The van der Waals surface area contributed by atoms with Crippen LogP contribution in [0.15, 0.2) is 23.1 Å². The second-order valence-corrected chi connectivity index (χ2v) is 6.59. The van der Waals surface area contributed by atoms with Gasteiger partial charge in [0.2, 0.25) is 5.43 Å². The van der Waals surface area contributed by atoms with E-state index in [0.717, 1.165) is 6.07 Å². The largest absolute Gasteiger partial charge is 0.477 e. The van der Waals surface area contributed by atoms with Crippen LogP contribution in [0.1, 0.15) is 30.1 Å². The van der Waals surface area contributed by atoms with Gasteiger partial charge in [0.15, 0.2) is 0 Å². The maximum atomic E-state index is 14.6. The van der Waals surface area contributed by atoms with E-state index in [1.54, 1.807) is 6.92 Å². The van der Waals surface area contributed by atoms with Crippen LogP contribution < -0.4 is 10.3 Å². The van der Waals surface area contributed by atoms with E-state index in [2.05, 4.69) is 0 Å². The lowest BCUT2D eigenvalue weighted by molar-refractivity contribution is -0.179. The number of carboxylic acids is 1. The van der Waals surface area contributed by atoms with Crippen LogP contribution in [0.4, 0.5) is 23.2 Å². The van der Waals surface area contributed by atoms with E-state index in [1.807, 2.05) is 0 Å². The number of fused-ring (bicyclic) bond motifs is 1. The predicted octanol–water partition coefficient (Wildman–Crippen LogP) is 3.64. The van der Waals surface area contributed by atoms with Crippen molar-refractivity contribution in [3.05, 3.63) is 39.9 Å². The van der Waals surface area contributed by atoms with Crippen molar-refractivity contribution >= 4 is 22.6 Å². The molecule has 1 aliphatic rings. The molecule has 2 aromatic rings. The van der Waals surface area contributed by atoms with Crippen molar-refractivity contribution in [2.24, 2.45) is 5.92 Å². The normalized spacial score (nSPS) is 16.1. The number of anilines is 1. The van der Waals surface area contributed by atoms with Gasteiger partial charge in [0.25, 0.3) is 0 Å². The molecule has 0 atom stereocenters. The Hall–Kier alpha value is -2.58. The summed E-state index contributed by atoms with van der Waals surface area (Å²) in [6.07, 6.45) is -3.31. The van der Waals surface area contributed by atoms with E-state index in [4.69, 9.17) is 5.11 Å². The van der Waals surface area contributed by atoms with Crippen LogP contribution in [0.2, 0.25) is 0 Å². The SMILES string of the molecule is CCn1cc(C(=O)O)c(=O)c2cc(F)c(N3CCC(C(F)(F)F)CC3)cc21. The fourth-order valence-electron chi connectivity index (χ4n) is 3.50. The molecule has 27 heavy (non-hydrogen) atoms. The van der Waals surface area contributed by atoms with Gasteiger partial charge in [0.1, 0.15) is 11.4 Å². The van der Waals surface area contributed by atoms with Crippen molar-refractivity contribution in [3.63, 3.8) is 0 Å². The molecule has 0 saturated carbocycles. The van der Waals surface area contributed by atoms with E-state index >= 15 is 0 Å². The van der Waals surface area contributed by atoms with Gasteiger partial charge in [-0.2, -0.15) is 13.2 Å². The minimum absolute atomic E-state index is 0.0518. The number of carbonyl (C=O) groups is 1. The molecule has 1 saturated heterocycles. The smallest absolute Gasteiger partial charge is 0.391 e. The maximum Gasteiger partial charge on any atom is 0.391 e. The Bertz CT molecular complexity index is 944. The van der Waals surface area contributed by atoms with Gasteiger partial charge in [-0.25, -0.2) is 9.18 Å². The van der Waals surface area contributed by atoms with Crippen LogP contribution in [0.25, 0.3) is 10.9 Å². The maximum absolute atomic E-state index is 14.6. The Labute approximate surface area is 151 Å². The zero-order chi connectivity index (χ0) is 19.9. The molecule has 0 unspecified atom stereocenters. The summed E-state index contributed by atoms with van der Waals surface area (Å²) in [5, 5.41) is 9.09. The standard InChI is InChI=1S/C18H18F4N2O3/c1-2-23-9-12(17(26)27)16(25)11-7-13(19)15(8-14(11)23)24-5-3-10(4-6-24)18(20,21)22/h7-10H,2-6H2,1H3,(H,26,27). The lowest BCUT2D eigenvalue weighted by Gasteiger charge is -2.34. The highest BCUT2D eigenvalue weighted by Gasteiger charge is 2.41. The first-order chi connectivity index (χ1) is 12.6. The number of aryl methyl sites for hydroxylation is 1. The van der Waals surface area contributed by atoms with Gasteiger partial charge in [-0.3, -0.25) is 4.79 Å². The minimum atomic E-state index is -4.26. The molecule has 0 spiro atoms. The number of hydrogen-bond donors (Lipinski definition) is 1. The average Bonchev–Trinajstić information content (AvgIpc) is 2.61. The molecule has 1 N–H and O–H groups in total. The average molecular weight is 386 g/mol. The third-order valence-electron chi connectivity index (χ3n) is 5.02. The number of rotatable bonds is 3. The van der Waals surface area contributed by atoms with Crippen LogP contribution in [-0.2, 0) is 6.54 Å². The Kier molecular flexibility index (Phi) is 4.88. The molecule has 0 bridgehead atoms. The second-order valence-electron chi connectivity index (χ2n) is 6.59. The molecule has 1 aromatic heterocycles. The van der Waals surface area contributed by atoms with Crippen LogP contribution in [0.5, 0.6) is 0 Å². The monoisotopic (exact) mass is 386 g/mol. The highest BCUT2D eigenvalue weighted by atomic mass is 19.4. The van der Waals surface area contributed by atoms with Crippen LogP contribution in [0.3, 0.4) is 0 Å². The zero-order valence-corrected chi connectivity index (χ0v) is 14.5. The summed E-state index contributed by atoms with van der Waals surface area (Å²) in [5.41, 5.74) is -0.777. The number of hydrogen-bond acceptors (Lipinski definition) is 3. The van der Waals surface area contributed by atoms with Gasteiger partial charge >= 0.3 is 12.1 Å². The molecule has 2 heterocycles. The van der Waals surface area contributed by atoms with Crippen LogP contribution in [0, 0.1) is 11.7 Å². The highest BCUT2D eigenvalue weighted by molar-refractivity contribution is 5.93. The van der Waals surface area contributed by atoms with E-state index in [9.17, 15) is 27.2 Å². The summed E-state index contributed by atoms with van der Waals surface area (Å²) in [6.45, 7) is 2.19. The van der Waals surface area contributed by atoms with Crippen molar-refractivity contribution in [2.45, 2.75) is 32.5 Å².